The van der Waals surface area contributed by atoms with Crippen LogP contribution in [0.4, 0.5) is 5.69 Å². The number of carbonyl (C=O) groups is 2. The maximum absolute atomic E-state index is 11.9. The molecule has 2 amide bonds. The van der Waals surface area contributed by atoms with Gasteiger partial charge in [-0.3, -0.25) is 14.5 Å². The van der Waals surface area contributed by atoms with Crippen molar-refractivity contribution in [1.29, 1.82) is 0 Å². The lowest BCUT2D eigenvalue weighted by Crippen LogP contribution is -2.34. The highest BCUT2D eigenvalue weighted by Crippen LogP contribution is 2.18. The number of carbonyl (C=O) groups excluding carboxylic acids is 2. The van der Waals surface area contributed by atoms with Gasteiger partial charge >= 0.3 is 0 Å². The van der Waals surface area contributed by atoms with Crippen LogP contribution < -0.4 is 5.32 Å². The number of benzene rings is 1. The van der Waals surface area contributed by atoms with E-state index in [0.717, 1.165) is 11.0 Å². The molecule has 1 aliphatic heterocycles. The summed E-state index contributed by atoms with van der Waals surface area (Å²) in [5, 5.41) is 11.5. The van der Waals surface area contributed by atoms with Gasteiger partial charge in [-0.2, -0.15) is 0 Å². The maximum atomic E-state index is 11.9. The Balaban J connectivity index is 2.11. The number of anilines is 1. The molecule has 1 aromatic carbocycles. The fourth-order valence-corrected chi connectivity index (χ4v) is 2.09. The molecule has 3 N–H and O–H groups in total. The third-order valence-electron chi connectivity index (χ3n) is 2.67. The fraction of sp³-hybridized carbons (Fsp3) is 0.167. The van der Waals surface area contributed by atoms with Crippen molar-refractivity contribution in [2.45, 2.75) is 4.90 Å². The topological polar surface area (TPSA) is 107 Å². The Bertz CT molecular complexity index is 596. The van der Waals surface area contributed by atoms with E-state index in [0.29, 0.717) is 5.69 Å². The molecule has 0 bridgehead atoms. The highest BCUT2D eigenvalue weighted by molar-refractivity contribution is 7.79. The smallest absolute Gasteiger partial charge is 0.277 e. The zero-order chi connectivity index (χ0) is 14.7. The molecule has 8 heteroatoms. The highest BCUT2D eigenvalue weighted by atomic mass is 32.2. The molecular formula is C12H12N2O5S. The minimum atomic E-state index is -2.06. The van der Waals surface area contributed by atoms with Crippen LogP contribution in [0.3, 0.4) is 0 Å². The van der Waals surface area contributed by atoms with E-state index in [2.05, 4.69) is 5.32 Å². The van der Waals surface area contributed by atoms with Crippen LogP contribution in [-0.4, -0.2) is 43.7 Å². The molecule has 7 nitrogen and oxygen atoms in total. The average Bonchev–Trinajstić information content (AvgIpc) is 2.67. The lowest BCUT2D eigenvalue weighted by molar-refractivity contribution is -0.137. The number of imide groups is 1. The second-order valence-corrected chi connectivity index (χ2v) is 4.94. The first-order chi connectivity index (χ1) is 9.52. The van der Waals surface area contributed by atoms with Gasteiger partial charge in [-0.25, -0.2) is 4.21 Å². The first-order valence-electron chi connectivity index (χ1n) is 5.69. The number of hydrogen-bond acceptors (Lipinski definition) is 5. The Morgan fingerprint density at radius 1 is 1.20 bits per heavy atom. The van der Waals surface area contributed by atoms with Gasteiger partial charge in [0, 0.05) is 11.8 Å². The highest BCUT2D eigenvalue weighted by Gasteiger charge is 2.30. The molecule has 0 fully saturated rings. The van der Waals surface area contributed by atoms with Gasteiger partial charge in [0.25, 0.3) is 11.8 Å². The van der Waals surface area contributed by atoms with Crippen molar-refractivity contribution < 1.29 is 23.5 Å². The molecule has 0 saturated carbocycles. The molecule has 1 atom stereocenters. The van der Waals surface area contributed by atoms with Crippen LogP contribution in [-0.2, 0) is 20.7 Å². The van der Waals surface area contributed by atoms with Crippen LogP contribution in [0.2, 0.25) is 0 Å². The average molecular weight is 296 g/mol. The summed E-state index contributed by atoms with van der Waals surface area (Å²) in [5.74, 6) is -1.00. The molecule has 0 radical (unpaired) electrons. The first-order valence-corrected chi connectivity index (χ1v) is 6.80. The SMILES string of the molecule is O=C1C=C(Nc2ccc(S(=O)O)cc2)C(=O)N1CCO. The fourth-order valence-electron chi connectivity index (χ4n) is 1.72. The van der Waals surface area contributed by atoms with Crippen molar-refractivity contribution in [1.82, 2.24) is 4.90 Å². The molecular weight excluding hydrogens is 284 g/mol. The van der Waals surface area contributed by atoms with Crippen LogP contribution >= 0.6 is 0 Å². The van der Waals surface area contributed by atoms with Gasteiger partial charge in [-0.15, -0.1) is 0 Å². The zero-order valence-corrected chi connectivity index (χ0v) is 11.1. The van der Waals surface area contributed by atoms with Crippen molar-refractivity contribution in [3.63, 3.8) is 0 Å². The molecule has 1 aliphatic rings. The predicted molar refractivity (Wildman–Crippen MR) is 71.0 cm³/mol. The van der Waals surface area contributed by atoms with Crippen molar-refractivity contribution in [3.05, 3.63) is 36.0 Å². The van der Waals surface area contributed by atoms with Crippen LogP contribution in [0.5, 0.6) is 0 Å². The lowest BCUT2D eigenvalue weighted by atomic mass is 10.3. The van der Waals surface area contributed by atoms with E-state index >= 15 is 0 Å². The van der Waals surface area contributed by atoms with Crippen molar-refractivity contribution in [2.75, 3.05) is 18.5 Å². The lowest BCUT2D eigenvalue weighted by Gasteiger charge is -2.13. The number of aliphatic hydroxyl groups excluding tert-OH is 1. The summed E-state index contributed by atoms with van der Waals surface area (Å²) in [6.45, 7) is -0.350. The van der Waals surface area contributed by atoms with Gasteiger partial charge in [-0.05, 0) is 24.3 Å². The van der Waals surface area contributed by atoms with Gasteiger partial charge in [-0.1, -0.05) is 0 Å². The van der Waals surface area contributed by atoms with E-state index in [1.165, 1.54) is 24.3 Å². The van der Waals surface area contributed by atoms with Crippen molar-refractivity contribution in [3.8, 4) is 0 Å². The normalized spacial score (nSPS) is 16.3. The number of β-amino-alcohol motifs (C(OH)–C–C–N with tert-alkyl or cyclic N) is 1. The number of nitrogens with one attached hydrogen (secondary N) is 1. The van der Waals surface area contributed by atoms with Gasteiger partial charge in [0.15, 0.2) is 11.1 Å². The molecule has 0 spiro atoms. The van der Waals surface area contributed by atoms with Gasteiger partial charge < -0.3 is 15.0 Å². The van der Waals surface area contributed by atoms with Crippen molar-refractivity contribution in [2.24, 2.45) is 0 Å². The second-order valence-electron chi connectivity index (χ2n) is 3.98. The van der Waals surface area contributed by atoms with Crippen LogP contribution in [0.25, 0.3) is 0 Å². The predicted octanol–water partition coefficient (Wildman–Crippen LogP) is -0.0759. The summed E-state index contributed by atoms with van der Waals surface area (Å²) in [7, 11) is 0. The number of nitrogens with zero attached hydrogens (tertiary/aromatic N) is 1. The summed E-state index contributed by atoms with van der Waals surface area (Å²) >= 11 is -2.06. The molecule has 1 unspecified atom stereocenters. The third-order valence-corrected chi connectivity index (χ3v) is 3.34. The molecule has 0 aromatic heterocycles. The number of hydrogen-bond donors (Lipinski definition) is 3. The minimum Gasteiger partial charge on any atom is -0.395 e. The largest absolute Gasteiger partial charge is 0.395 e. The Labute approximate surface area is 117 Å². The summed E-state index contributed by atoms with van der Waals surface area (Å²) in [6.07, 6.45) is 1.15. The zero-order valence-electron chi connectivity index (χ0n) is 10.3. The molecule has 106 valence electrons. The Morgan fingerprint density at radius 3 is 2.40 bits per heavy atom. The number of aliphatic hydroxyl groups is 1. The molecule has 1 heterocycles. The van der Waals surface area contributed by atoms with E-state index in [9.17, 15) is 13.8 Å². The van der Waals surface area contributed by atoms with Crippen LogP contribution in [0, 0.1) is 0 Å². The molecule has 2 rings (SSSR count). The summed E-state index contributed by atoms with van der Waals surface area (Å²) in [5.41, 5.74) is 0.610. The Morgan fingerprint density at radius 2 is 1.85 bits per heavy atom. The third kappa shape index (κ3) is 2.93. The Kier molecular flexibility index (Phi) is 4.28. The van der Waals surface area contributed by atoms with Crippen LogP contribution in [0.1, 0.15) is 0 Å². The number of rotatable bonds is 5. The van der Waals surface area contributed by atoms with E-state index in [4.69, 9.17) is 9.66 Å². The standard InChI is InChI=1S/C12H12N2O5S/c15-6-5-14-11(16)7-10(12(14)17)13-8-1-3-9(4-2-8)20(18)19/h1-4,7,13,15H,5-6H2,(H,18,19). The van der Waals surface area contributed by atoms with Gasteiger partial charge in [0.05, 0.1) is 18.0 Å². The van der Waals surface area contributed by atoms with E-state index in [1.807, 2.05) is 0 Å². The summed E-state index contributed by atoms with van der Waals surface area (Å²) in [6, 6.07) is 5.92. The van der Waals surface area contributed by atoms with Crippen molar-refractivity contribution >= 4 is 28.6 Å². The molecule has 20 heavy (non-hydrogen) atoms. The summed E-state index contributed by atoms with van der Waals surface area (Å²) in [4.78, 5) is 24.5. The molecule has 0 saturated heterocycles. The van der Waals surface area contributed by atoms with Crippen LogP contribution in [0.15, 0.2) is 40.9 Å². The monoisotopic (exact) mass is 296 g/mol. The minimum absolute atomic E-state index is 0.0538. The molecule has 0 aliphatic carbocycles. The van der Waals surface area contributed by atoms with Gasteiger partial charge in [0.1, 0.15) is 5.70 Å². The molecule has 1 aromatic rings. The number of amides is 2. The second kappa shape index (κ2) is 5.95. The van der Waals surface area contributed by atoms with E-state index in [1.54, 1.807) is 0 Å². The van der Waals surface area contributed by atoms with Gasteiger partial charge in [0.2, 0.25) is 0 Å². The van der Waals surface area contributed by atoms with E-state index < -0.39 is 22.9 Å². The van der Waals surface area contributed by atoms with E-state index in [-0.39, 0.29) is 23.7 Å². The summed E-state index contributed by atoms with van der Waals surface area (Å²) < 4.78 is 19.7. The Hall–Kier alpha value is -2.03. The maximum Gasteiger partial charge on any atom is 0.277 e. The quantitative estimate of drug-likeness (QED) is 0.518. The first kappa shape index (κ1) is 14.4.